The Morgan fingerprint density at radius 1 is 0.827 bits per heavy atom. The van der Waals surface area contributed by atoms with E-state index in [-0.39, 0.29) is 51.9 Å². The van der Waals surface area contributed by atoms with Crippen molar-refractivity contribution in [3.8, 4) is 0 Å². The molecule has 0 spiro atoms. The number of nitrogens with two attached hydrogens (primary N) is 1. The largest absolute Gasteiger partial charge is 0.489 e. The summed E-state index contributed by atoms with van der Waals surface area (Å²) >= 11 is 0. The van der Waals surface area contributed by atoms with E-state index in [4.69, 9.17) is 10.5 Å². The van der Waals surface area contributed by atoms with Crippen LogP contribution < -0.4 is 26.8 Å². The minimum Gasteiger partial charge on any atom is -0.489 e. The SMILES string of the molecule is Cc1ccc2c(c1)C(C)(C)C(CCC1=C(OCc3ccc(CNC(=O)c4ccc(NCc5cnc6nc(N)[nH]c(=O)c6n5)cc4)cc3)/C(=C/C=C3/N(CCCCS(=O)(=O)O)c4ccccc4C3(C)C)CCC1)=[N+]2CCCCS(=O)(=O)O. The maximum Gasteiger partial charge on any atom is 0.280 e. The summed E-state index contributed by atoms with van der Waals surface area (Å²) in [5.41, 5.74) is 18.8. The number of carbonyl (C=O) groups excluding carboxylic acids is 1. The number of fused-ring (bicyclic) bond motifs is 3. The van der Waals surface area contributed by atoms with E-state index in [0.717, 1.165) is 77.3 Å². The quantitative estimate of drug-likeness (QED) is 0.0198. The summed E-state index contributed by atoms with van der Waals surface area (Å²) in [6, 6.07) is 29.9. The number of aromatic amines is 1. The second-order valence-electron chi connectivity index (χ2n) is 22.3. The van der Waals surface area contributed by atoms with Crippen LogP contribution in [0.15, 0.2) is 137 Å². The van der Waals surface area contributed by atoms with Gasteiger partial charge in [0, 0.05) is 65.6 Å². The van der Waals surface area contributed by atoms with Gasteiger partial charge in [0.05, 0.1) is 35.4 Å². The summed E-state index contributed by atoms with van der Waals surface area (Å²) in [7, 11) is -8.15. The lowest BCUT2D eigenvalue weighted by Crippen LogP contribution is -2.30. The molecule has 2 aromatic heterocycles. The molecule has 426 valence electrons. The number of unbranched alkanes of at least 4 members (excludes halogenated alkanes) is 2. The van der Waals surface area contributed by atoms with Gasteiger partial charge in [-0.05, 0) is 136 Å². The number of hydrogen-bond acceptors (Lipinski definition) is 13. The number of allylic oxidation sites excluding steroid dienone is 5. The maximum absolute atomic E-state index is 13.3. The van der Waals surface area contributed by atoms with Crippen LogP contribution in [0.1, 0.15) is 129 Å². The minimum atomic E-state index is -4.08. The third kappa shape index (κ3) is 14.0. The Morgan fingerprint density at radius 2 is 1.54 bits per heavy atom. The Balaban J connectivity index is 0.927. The van der Waals surface area contributed by atoms with Crippen molar-refractivity contribution >= 4 is 66.0 Å². The van der Waals surface area contributed by atoms with Crippen molar-refractivity contribution < 1.29 is 40.0 Å². The van der Waals surface area contributed by atoms with E-state index in [1.165, 1.54) is 34.2 Å². The highest BCUT2D eigenvalue weighted by Gasteiger charge is 2.45. The van der Waals surface area contributed by atoms with Crippen LogP contribution in [-0.4, -0.2) is 86.7 Å². The van der Waals surface area contributed by atoms with Gasteiger partial charge in [0.1, 0.15) is 18.9 Å². The molecule has 0 unspecified atom stereocenters. The van der Waals surface area contributed by atoms with Gasteiger partial charge in [-0.3, -0.25) is 23.7 Å². The number of H-pyrrole nitrogens is 1. The average molecular weight is 1140 g/mol. The fraction of sp³-hybridized carbons (Fsp3) is 0.377. The highest BCUT2D eigenvalue weighted by molar-refractivity contribution is 7.86. The van der Waals surface area contributed by atoms with Crippen LogP contribution in [0.2, 0.25) is 0 Å². The van der Waals surface area contributed by atoms with Gasteiger partial charge in [0.2, 0.25) is 11.6 Å². The number of rotatable bonds is 23. The van der Waals surface area contributed by atoms with Crippen LogP contribution >= 0.6 is 0 Å². The van der Waals surface area contributed by atoms with Gasteiger partial charge in [-0.25, -0.2) is 9.97 Å². The van der Waals surface area contributed by atoms with Crippen molar-refractivity contribution in [3.63, 3.8) is 0 Å². The van der Waals surface area contributed by atoms with Crippen molar-refractivity contribution in [2.24, 2.45) is 0 Å². The van der Waals surface area contributed by atoms with Crippen LogP contribution in [0.25, 0.3) is 11.2 Å². The molecule has 0 saturated carbocycles. The molecule has 3 aliphatic rings. The van der Waals surface area contributed by atoms with Gasteiger partial charge in [0.25, 0.3) is 31.7 Å². The Morgan fingerprint density at radius 3 is 2.28 bits per heavy atom. The van der Waals surface area contributed by atoms with E-state index < -0.39 is 25.8 Å². The number of anilines is 3. The fourth-order valence-electron chi connectivity index (χ4n) is 11.4. The van der Waals surface area contributed by atoms with Crippen LogP contribution in [0.5, 0.6) is 0 Å². The number of carbonyl (C=O) groups is 1. The smallest absolute Gasteiger partial charge is 0.280 e. The van der Waals surface area contributed by atoms with Gasteiger partial charge in [0.15, 0.2) is 16.9 Å². The molecule has 1 aliphatic carbocycles. The van der Waals surface area contributed by atoms with Crippen molar-refractivity contribution in [3.05, 3.63) is 181 Å². The number of amides is 1. The third-order valence-corrected chi connectivity index (χ3v) is 17.2. The summed E-state index contributed by atoms with van der Waals surface area (Å²) in [5, 5.41) is 6.27. The molecular weight excluding hydrogens is 1070 g/mol. The number of para-hydroxylation sites is 1. The van der Waals surface area contributed by atoms with E-state index in [0.29, 0.717) is 63.2 Å². The van der Waals surface area contributed by atoms with Gasteiger partial charge in [-0.1, -0.05) is 74.0 Å². The van der Waals surface area contributed by atoms with E-state index in [2.05, 4.69) is 117 Å². The molecule has 0 radical (unpaired) electrons. The predicted octanol–water partition coefficient (Wildman–Crippen LogP) is 9.90. The number of ether oxygens (including phenoxy) is 1. The lowest BCUT2D eigenvalue weighted by atomic mass is 9.78. The molecule has 7 N–H and O–H groups in total. The van der Waals surface area contributed by atoms with Gasteiger partial charge in [-0.15, -0.1) is 0 Å². The fourth-order valence-corrected chi connectivity index (χ4v) is 12.5. The van der Waals surface area contributed by atoms with Crippen molar-refractivity contribution in [1.29, 1.82) is 0 Å². The van der Waals surface area contributed by atoms with E-state index >= 15 is 0 Å². The number of aromatic nitrogens is 4. The zero-order chi connectivity index (χ0) is 57.7. The lowest BCUT2D eigenvalue weighted by molar-refractivity contribution is -0.440. The molecule has 4 aromatic carbocycles. The number of nitrogen functional groups attached to an aromatic ring is 1. The molecule has 2 aliphatic heterocycles. The molecule has 0 fully saturated rings. The van der Waals surface area contributed by atoms with Crippen molar-refractivity contribution in [1.82, 2.24) is 25.3 Å². The zero-order valence-corrected chi connectivity index (χ0v) is 48.2. The molecule has 0 bridgehead atoms. The molecule has 0 saturated heterocycles. The topological polar surface area (TPSA) is 263 Å². The normalized spacial score (nSPS) is 16.8. The summed E-state index contributed by atoms with van der Waals surface area (Å²) in [5.74, 6) is 0.0415. The summed E-state index contributed by atoms with van der Waals surface area (Å²) < 4.78 is 74.9. The van der Waals surface area contributed by atoms with Gasteiger partial charge < -0.3 is 26.0 Å². The molecule has 9 rings (SSSR count). The zero-order valence-electron chi connectivity index (χ0n) is 46.6. The van der Waals surface area contributed by atoms with Gasteiger partial charge >= 0.3 is 0 Å². The summed E-state index contributed by atoms with van der Waals surface area (Å²) in [6.07, 6.45) is 11.8. The van der Waals surface area contributed by atoms with Crippen LogP contribution in [-0.2, 0) is 55.5 Å². The Bertz CT molecular complexity index is 3780. The third-order valence-electron chi connectivity index (χ3n) is 15.6. The second kappa shape index (κ2) is 24.3. The molecule has 1 amide bonds. The number of nitrogens with zero attached hydrogens (tertiary/aromatic N) is 5. The highest BCUT2D eigenvalue weighted by atomic mass is 32.2. The second-order valence-corrected chi connectivity index (χ2v) is 25.4. The average Bonchev–Trinajstić information content (AvgIpc) is 4.02. The van der Waals surface area contributed by atoms with Crippen LogP contribution in [0.4, 0.5) is 23.0 Å². The van der Waals surface area contributed by atoms with Crippen molar-refractivity contribution in [2.75, 3.05) is 40.5 Å². The molecule has 20 heteroatoms. The van der Waals surface area contributed by atoms with Gasteiger partial charge in [-0.2, -0.15) is 26.4 Å². The number of aryl methyl sites for hydroxylation is 1. The Kier molecular flexibility index (Phi) is 17.4. The first-order valence-electron chi connectivity index (χ1n) is 27.5. The molecule has 0 atom stereocenters. The standard InChI is InChI=1S/C61H71N9O9S2/c1-40-17-28-51-49(35-40)61(4,5)53(70(51)32-9-11-34-81(76,77)78)30-25-44-14-12-13-43(24-29-52-60(2,3)48-15-6-7-16-50(48)69(52)31-8-10-33-80(73,74)75)55(44)79-39-42-20-18-41(19-21-42)36-65-57(71)45-22-26-46(27-23-45)63-37-47-38-64-56-54(66-47)58(72)68-59(62)67-56/h6-7,15-24,26-29,35,38H,8-14,25,30-34,36-37,39H2,1-5H3,(H6-,62,63,64,65,67,68,71,72,73,74,75,76,77,78)/p+1/b43-24+,52-29+. The molecule has 18 nitrogen and oxygen atoms in total. The molecule has 6 aromatic rings. The van der Waals surface area contributed by atoms with Crippen molar-refractivity contribution in [2.45, 2.75) is 123 Å². The summed E-state index contributed by atoms with van der Waals surface area (Å²) in [4.78, 5) is 42.9. The number of nitrogens with one attached hydrogen (secondary N) is 3. The first kappa shape index (κ1) is 58.1. The Labute approximate surface area is 473 Å². The maximum atomic E-state index is 13.3. The number of hydrogen-bond donors (Lipinski definition) is 6. The minimum absolute atomic E-state index is 0.0311. The summed E-state index contributed by atoms with van der Waals surface area (Å²) in [6.45, 7) is 13.1. The van der Waals surface area contributed by atoms with E-state index in [1.807, 2.05) is 36.4 Å². The van der Waals surface area contributed by atoms with Crippen LogP contribution in [0.3, 0.4) is 0 Å². The van der Waals surface area contributed by atoms with Crippen LogP contribution in [0, 0.1) is 6.92 Å². The first-order valence-corrected chi connectivity index (χ1v) is 30.8. The molecular formula is C61H72N9O9S2+. The lowest BCUT2D eigenvalue weighted by Gasteiger charge is -2.28. The Hall–Kier alpha value is -7.52. The molecule has 4 heterocycles. The van der Waals surface area contributed by atoms with E-state index in [9.17, 15) is 35.5 Å². The monoisotopic (exact) mass is 1140 g/mol. The first-order chi connectivity index (χ1) is 38.5. The van der Waals surface area contributed by atoms with E-state index in [1.54, 1.807) is 24.3 Å². The predicted molar refractivity (Wildman–Crippen MR) is 317 cm³/mol. The molecule has 81 heavy (non-hydrogen) atoms. The highest BCUT2D eigenvalue weighted by Crippen LogP contribution is 2.48. The number of benzene rings is 4.